The SMILES string of the molecule is CC/C=C\C/C=C\C/C=C\C/C=C\C/C=C\C/C=C\C/C=C\CCCCCCCCCCCCCCCC(=O)NC(CO)C(O)/C=C/CC/C=C/CCCCCCCCCCCCCCCCCCCCCC. The van der Waals surface area contributed by atoms with Crippen LogP contribution >= 0.6 is 0 Å². The summed E-state index contributed by atoms with van der Waals surface area (Å²) in [7, 11) is 0. The van der Waals surface area contributed by atoms with Crippen LogP contribution in [0, 0.1) is 0 Å². The molecule has 1 amide bonds. The molecule has 2 unspecified atom stereocenters. The van der Waals surface area contributed by atoms with Crippen molar-refractivity contribution in [2.75, 3.05) is 6.61 Å². The number of aliphatic hydroxyl groups is 2. The van der Waals surface area contributed by atoms with Gasteiger partial charge in [-0.1, -0.05) is 316 Å². The van der Waals surface area contributed by atoms with Gasteiger partial charge in [0.05, 0.1) is 18.8 Å². The van der Waals surface area contributed by atoms with Gasteiger partial charge in [-0.2, -0.15) is 0 Å². The van der Waals surface area contributed by atoms with Crippen LogP contribution in [0.25, 0.3) is 0 Å². The predicted molar refractivity (Wildman–Crippen MR) is 326 cm³/mol. The molecule has 0 fully saturated rings. The Labute approximate surface area is 455 Å². The van der Waals surface area contributed by atoms with Crippen LogP contribution in [-0.4, -0.2) is 34.9 Å². The molecule has 0 aromatic carbocycles. The van der Waals surface area contributed by atoms with Gasteiger partial charge >= 0.3 is 0 Å². The first-order chi connectivity index (χ1) is 36.2. The number of unbranched alkanes of at least 4 members (excludes halogenated alkanes) is 34. The van der Waals surface area contributed by atoms with Crippen LogP contribution in [0.15, 0.2) is 109 Å². The van der Waals surface area contributed by atoms with E-state index in [1.165, 1.54) is 205 Å². The molecule has 0 saturated carbocycles. The highest BCUT2D eigenvalue weighted by Gasteiger charge is 2.18. The highest BCUT2D eigenvalue weighted by atomic mass is 16.3. The number of aliphatic hydroxyl groups excluding tert-OH is 2. The van der Waals surface area contributed by atoms with E-state index in [1.54, 1.807) is 6.08 Å². The summed E-state index contributed by atoms with van der Waals surface area (Å²) in [6.45, 7) is 4.20. The third kappa shape index (κ3) is 59.8. The Hall–Kier alpha value is -2.95. The molecule has 0 saturated heterocycles. The van der Waals surface area contributed by atoms with Crippen LogP contribution in [0.1, 0.15) is 303 Å². The molecule has 0 aromatic rings. The zero-order valence-electron chi connectivity index (χ0n) is 48.4. The van der Waals surface area contributed by atoms with E-state index in [9.17, 15) is 15.0 Å². The first kappa shape index (κ1) is 70.1. The normalized spacial score (nSPS) is 13.5. The minimum Gasteiger partial charge on any atom is -0.394 e. The molecule has 3 N–H and O–H groups in total. The van der Waals surface area contributed by atoms with Crippen molar-refractivity contribution >= 4 is 5.91 Å². The Morgan fingerprint density at radius 2 is 0.616 bits per heavy atom. The first-order valence-electron chi connectivity index (χ1n) is 31.6. The van der Waals surface area contributed by atoms with Gasteiger partial charge in [-0.3, -0.25) is 4.79 Å². The number of carbonyl (C=O) groups excluding carboxylic acids is 1. The summed E-state index contributed by atoms with van der Waals surface area (Å²) < 4.78 is 0. The maximum Gasteiger partial charge on any atom is 0.220 e. The van der Waals surface area contributed by atoms with Crippen LogP contribution in [0.4, 0.5) is 0 Å². The molecule has 0 aliphatic heterocycles. The Morgan fingerprint density at radius 1 is 0.342 bits per heavy atom. The Bertz CT molecular complexity index is 1380. The molecule has 420 valence electrons. The summed E-state index contributed by atoms with van der Waals surface area (Å²) in [6, 6.07) is -0.647. The van der Waals surface area contributed by atoms with E-state index >= 15 is 0 Å². The molecule has 2 atom stereocenters. The zero-order valence-corrected chi connectivity index (χ0v) is 48.4. The van der Waals surface area contributed by atoms with Crippen molar-refractivity contribution < 1.29 is 15.0 Å². The maximum atomic E-state index is 12.5. The number of hydrogen-bond acceptors (Lipinski definition) is 3. The van der Waals surface area contributed by atoms with Crippen LogP contribution in [0.2, 0.25) is 0 Å². The summed E-state index contributed by atoms with van der Waals surface area (Å²) in [5.41, 5.74) is 0. The van der Waals surface area contributed by atoms with Gasteiger partial charge in [0.25, 0.3) is 0 Å². The topological polar surface area (TPSA) is 69.6 Å². The smallest absolute Gasteiger partial charge is 0.220 e. The minimum absolute atomic E-state index is 0.0761. The van der Waals surface area contributed by atoms with Crippen molar-refractivity contribution in [2.45, 2.75) is 315 Å². The van der Waals surface area contributed by atoms with E-state index in [0.29, 0.717) is 6.42 Å². The lowest BCUT2D eigenvalue weighted by Crippen LogP contribution is -2.45. The zero-order chi connectivity index (χ0) is 52.7. The molecule has 0 aromatic heterocycles. The largest absolute Gasteiger partial charge is 0.394 e. The third-order valence-electron chi connectivity index (χ3n) is 14.0. The second kappa shape index (κ2) is 63.3. The third-order valence-corrected chi connectivity index (χ3v) is 14.0. The summed E-state index contributed by atoms with van der Waals surface area (Å²) in [5, 5.41) is 23.2. The lowest BCUT2D eigenvalue weighted by Gasteiger charge is -2.19. The van der Waals surface area contributed by atoms with Crippen molar-refractivity contribution in [3.63, 3.8) is 0 Å². The summed E-state index contributed by atoms with van der Waals surface area (Å²) >= 11 is 0. The van der Waals surface area contributed by atoms with E-state index in [-0.39, 0.29) is 12.5 Å². The average molecular weight is 1010 g/mol. The molecule has 0 heterocycles. The molecular weight excluding hydrogens is 891 g/mol. The second-order valence-corrected chi connectivity index (χ2v) is 21.1. The molecule has 0 rings (SSSR count). The first-order valence-corrected chi connectivity index (χ1v) is 31.6. The average Bonchev–Trinajstić information content (AvgIpc) is 3.40. The fourth-order valence-electron chi connectivity index (χ4n) is 9.24. The highest BCUT2D eigenvalue weighted by Crippen LogP contribution is 2.17. The lowest BCUT2D eigenvalue weighted by atomic mass is 10.0. The Kier molecular flexibility index (Phi) is 60.8. The van der Waals surface area contributed by atoms with Gasteiger partial charge in [-0.15, -0.1) is 0 Å². The second-order valence-electron chi connectivity index (χ2n) is 21.1. The fourth-order valence-corrected chi connectivity index (χ4v) is 9.24. The predicted octanol–water partition coefficient (Wildman–Crippen LogP) is 21.4. The van der Waals surface area contributed by atoms with Crippen LogP contribution in [-0.2, 0) is 4.79 Å². The Morgan fingerprint density at radius 3 is 0.959 bits per heavy atom. The maximum absolute atomic E-state index is 12.5. The van der Waals surface area contributed by atoms with Crippen LogP contribution in [0.3, 0.4) is 0 Å². The van der Waals surface area contributed by atoms with Gasteiger partial charge in [-0.05, 0) is 89.9 Å². The lowest BCUT2D eigenvalue weighted by molar-refractivity contribution is -0.123. The van der Waals surface area contributed by atoms with Gasteiger partial charge in [-0.25, -0.2) is 0 Å². The van der Waals surface area contributed by atoms with Gasteiger partial charge in [0.2, 0.25) is 5.91 Å². The van der Waals surface area contributed by atoms with Crippen molar-refractivity contribution in [2.24, 2.45) is 0 Å². The van der Waals surface area contributed by atoms with Crippen LogP contribution in [0.5, 0.6) is 0 Å². The highest BCUT2D eigenvalue weighted by molar-refractivity contribution is 5.76. The molecule has 0 bridgehead atoms. The van der Waals surface area contributed by atoms with E-state index in [1.807, 2.05) is 6.08 Å². The summed E-state index contributed by atoms with van der Waals surface area (Å²) in [6.07, 6.45) is 95.6. The monoisotopic (exact) mass is 1010 g/mol. The van der Waals surface area contributed by atoms with Gasteiger partial charge in [0.15, 0.2) is 0 Å². The van der Waals surface area contributed by atoms with E-state index in [2.05, 4.69) is 116 Å². The molecule has 73 heavy (non-hydrogen) atoms. The summed E-state index contributed by atoms with van der Waals surface area (Å²) in [5.74, 6) is -0.0761. The number of hydrogen-bond donors (Lipinski definition) is 3. The van der Waals surface area contributed by atoms with Crippen molar-refractivity contribution in [1.29, 1.82) is 0 Å². The minimum atomic E-state index is -0.870. The van der Waals surface area contributed by atoms with E-state index in [4.69, 9.17) is 0 Å². The van der Waals surface area contributed by atoms with Crippen molar-refractivity contribution in [3.8, 4) is 0 Å². The number of nitrogens with one attached hydrogen (secondary N) is 1. The van der Waals surface area contributed by atoms with Crippen molar-refractivity contribution in [1.82, 2.24) is 5.32 Å². The number of carbonyl (C=O) groups is 1. The number of allylic oxidation sites excluding steroid dienone is 17. The molecule has 4 nitrogen and oxygen atoms in total. The van der Waals surface area contributed by atoms with Gasteiger partial charge in [0.1, 0.15) is 0 Å². The van der Waals surface area contributed by atoms with E-state index < -0.39 is 12.1 Å². The molecule has 0 aliphatic carbocycles. The van der Waals surface area contributed by atoms with Gasteiger partial charge < -0.3 is 15.5 Å². The molecule has 4 heteroatoms. The molecule has 0 radical (unpaired) electrons. The Balaban J connectivity index is 3.55. The molecule has 0 aliphatic rings. The van der Waals surface area contributed by atoms with Gasteiger partial charge in [0, 0.05) is 6.42 Å². The fraction of sp³-hybridized carbons (Fsp3) is 0.725. The summed E-state index contributed by atoms with van der Waals surface area (Å²) in [4.78, 5) is 12.5. The molecular formula is C69H121NO3. The quantitative estimate of drug-likeness (QED) is 0.0420. The molecule has 0 spiro atoms. The van der Waals surface area contributed by atoms with Crippen molar-refractivity contribution in [3.05, 3.63) is 109 Å². The standard InChI is InChI=1S/C69H121NO3/c1-3-5-7-9-11-13-15-17-19-21-23-25-27-29-31-32-33-34-35-36-37-38-39-41-43-45-47-49-51-53-55-57-59-61-63-65-69(73)70-67(66-71)68(72)64-62-60-58-56-54-52-50-48-46-44-42-40-30-28-26-24-22-20-18-16-14-12-10-8-6-4-2/h5,7,11,13,17,19,23,25,29,31,33-34,36-37,54,56,62,64,67-68,71-72H,3-4,6,8-10,12,14-16,18,20-22,24,26-28,30,32,35,38-53,55,57-61,63,65-66H2,1-2H3,(H,70,73)/b7-5-,13-11-,19-17-,25-23-,31-29-,34-33-,37-36-,56-54+,64-62+. The van der Waals surface area contributed by atoms with E-state index in [0.717, 1.165) is 77.0 Å². The van der Waals surface area contributed by atoms with Crippen LogP contribution < -0.4 is 5.32 Å². The number of amides is 1. The number of rotatable bonds is 57.